The number of esters is 1. The molecule has 0 bridgehead atoms. The van der Waals surface area contributed by atoms with Gasteiger partial charge >= 0.3 is 5.97 Å². The Morgan fingerprint density at radius 2 is 1.22 bits per heavy atom. The van der Waals surface area contributed by atoms with Crippen LogP contribution in [0, 0.1) is 0 Å². The Hall–Kier alpha value is -3.61. The SMILES string of the molecule is C=C(C)COc1cc2c(cc1OC)C(C)(C)CC2=O.COc1cc2c(cc1OC(C)=O)C(=O)CC2(C)C. The Bertz CT molecular complexity index is 1270. The van der Waals surface area contributed by atoms with Gasteiger partial charge in [0.15, 0.2) is 34.6 Å². The number of ether oxygens (including phenoxy) is 4. The molecule has 0 fully saturated rings. The van der Waals surface area contributed by atoms with Crippen LogP contribution >= 0.6 is 0 Å². The van der Waals surface area contributed by atoms with Gasteiger partial charge in [0.05, 0.1) is 14.2 Å². The van der Waals surface area contributed by atoms with Crippen LogP contribution in [0.1, 0.15) is 86.2 Å². The summed E-state index contributed by atoms with van der Waals surface area (Å²) in [5, 5.41) is 0. The van der Waals surface area contributed by atoms with E-state index in [1.165, 1.54) is 14.0 Å². The van der Waals surface area contributed by atoms with Crippen LogP contribution in [0.2, 0.25) is 0 Å². The lowest BCUT2D eigenvalue weighted by molar-refractivity contribution is -0.132. The maximum atomic E-state index is 12.1. The van der Waals surface area contributed by atoms with Crippen molar-refractivity contribution >= 4 is 17.5 Å². The first kappa shape index (κ1) is 28.0. The molecule has 37 heavy (non-hydrogen) atoms. The highest BCUT2D eigenvalue weighted by Gasteiger charge is 2.38. The molecular formula is C30H36O7. The van der Waals surface area contributed by atoms with Gasteiger partial charge in [0.1, 0.15) is 6.61 Å². The highest BCUT2D eigenvalue weighted by molar-refractivity contribution is 6.03. The molecule has 0 radical (unpaired) electrons. The average molecular weight is 509 g/mol. The maximum Gasteiger partial charge on any atom is 0.308 e. The number of carbonyl (C=O) groups is 3. The average Bonchev–Trinajstić information content (AvgIpc) is 3.16. The van der Waals surface area contributed by atoms with E-state index < -0.39 is 5.97 Å². The number of hydrogen-bond acceptors (Lipinski definition) is 7. The summed E-state index contributed by atoms with van der Waals surface area (Å²) >= 11 is 0. The van der Waals surface area contributed by atoms with E-state index in [0.717, 1.165) is 22.3 Å². The zero-order valence-electron chi connectivity index (χ0n) is 23.0. The highest BCUT2D eigenvalue weighted by atomic mass is 16.6. The minimum Gasteiger partial charge on any atom is -0.493 e. The van der Waals surface area contributed by atoms with Gasteiger partial charge in [-0.05, 0) is 58.7 Å². The second-order valence-corrected chi connectivity index (χ2v) is 10.9. The number of fused-ring (bicyclic) bond motifs is 2. The lowest BCUT2D eigenvalue weighted by Gasteiger charge is -2.19. The molecule has 2 aliphatic carbocycles. The Balaban J connectivity index is 0.000000206. The molecule has 0 saturated heterocycles. The normalized spacial score (nSPS) is 16.2. The molecule has 0 unspecified atom stereocenters. The molecule has 4 rings (SSSR count). The maximum absolute atomic E-state index is 12.1. The largest absolute Gasteiger partial charge is 0.493 e. The molecule has 0 spiro atoms. The predicted molar refractivity (Wildman–Crippen MR) is 142 cm³/mol. The van der Waals surface area contributed by atoms with Gasteiger partial charge in [-0.2, -0.15) is 0 Å². The molecule has 7 nitrogen and oxygen atoms in total. The topological polar surface area (TPSA) is 88.1 Å². The second-order valence-electron chi connectivity index (χ2n) is 10.9. The van der Waals surface area contributed by atoms with Crippen molar-refractivity contribution in [2.75, 3.05) is 20.8 Å². The van der Waals surface area contributed by atoms with E-state index in [1.54, 1.807) is 25.3 Å². The van der Waals surface area contributed by atoms with Crippen LogP contribution < -0.4 is 18.9 Å². The zero-order chi connectivity index (χ0) is 27.7. The monoisotopic (exact) mass is 508 g/mol. The lowest BCUT2D eigenvalue weighted by Crippen LogP contribution is -2.13. The van der Waals surface area contributed by atoms with Gasteiger partial charge in [0, 0.05) is 30.9 Å². The molecule has 7 heteroatoms. The number of methoxy groups -OCH3 is 2. The molecule has 0 amide bonds. The van der Waals surface area contributed by atoms with Crippen LogP contribution in [-0.4, -0.2) is 38.4 Å². The van der Waals surface area contributed by atoms with Gasteiger partial charge in [0.2, 0.25) is 0 Å². The molecule has 0 heterocycles. The van der Waals surface area contributed by atoms with E-state index in [2.05, 4.69) is 20.4 Å². The van der Waals surface area contributed by atoms with Crippen molar-refractivity contribution in [3.05, 3.63) is 58.7 Å². The summed E-state index contributed by atoms with van der Waals surface area (Å²) < 4.78 is 21.3. The number of hydrogen-bond donors (Lipinski definition) is 0. The third-order valence-electron chi connectivity index (χ3n) is 6.60. The Labute approximate surface area is 218 Å². The van der Waals surface area contributed by atoms with E-state index in [4.69, 9.17) is 18.9 Å². The van der Waals surface area contributed by atoms with Crippen LogP contribution in [-0.2, 0) is 15.6 Å². The summed E-state index contributed by atoms with van der Waals surface area (Å²) in [5.41, 5.74) is 3.95. The van der Waals surface area contributed by atoms with E-state index >= 15 is 0 Å². The van der Waals surface area contributed by atoms with Crippen LogP contribution in [0.15, 0.2) is 36.4 Å². The number of carbonyl (C=O) groups excluding carboxylic acids is 3. The van der Waals surface area contributed by atoms with Crippen LogP contribution in [0.3, 0.4) is 0 Å². The number of rotatable bonds is 6. The van der Waals surface area contributed by atoms with E-state index in [-0.39, 0.29) is 22.4 Å². The lowest BCUT2D eigenvalue weighted by atomic mass is 9.86. The van der Waals surface area contributed by atoms with Gasteiger partial charge in [-0.1, -0.05) is 34.3 Å². The van der Waals surface area contributed by atoms with Crippen molar-refractivity contribution < 1.29 is 33.3 Å². The van der Waals surface area contributed by atoms with Crippen LogP contribution in [0.5, 0.6) is 23.0 Å². The number of Topliss-reactive ketones (excluding diaryl/α,β-unsaturated/α-hetero) is 2. The predicted octanol–water partition coefficient (Wildman–Crippen LogP) is 6.00. The highest BCUT2D eigenvalue weighted by Crippen LogP contribution is 2.44. The molecule has 2 aliphatic rings. The quantitative estimate of drug-likeness (QED) is 0.269. The van der Waals surface area contributed by atoms with Crippen LogP contribution in [0.4, 0.5) is 0 Å². The third-order valence-corrected chi connectivity index (χ3v) is 6.60. The van der Waals surface area contributed by atoms with Gasteiger partial charge in [0.25, 0.3) is 0 Å². The van der Waals surface area contributed by atoms with Crippen LogP contribution in [0.25, 0.3) is 0 Å². The van der Waals surface area contributed by atoms with Gasteiger partial charge in [-0.25, -0.2) is 0 Å². The smallest absolute Gasteiger partial charge is 0.308 e. The van der Waals surface area contributed by atoms with Crippen molar-refractivity contribution in [3.63, 3.8) is 0 Å². The molecular weight excluding hydrogens is 472 g/mol. The molecule has 2 aromatic carbocycles. The van der Waals surface area contributed by atoms with Crippen molar-refractivity contribution in [1.82, 2.24) is 0 Å². The van der Waals surface area contributed by atoms with Crippen molar-refractivity contribution in [2.45, 2.75) is 65.2 Å². The first-order valence-corrected chi connectivity index (χ1v) is 12.2. The summed E-state index contributed by atoms with van der Waals surface area (Å²) in [5.74, 6) is 1.87. The standard InChI is InChI=1S/C16H20O3.C14H16O4/c1-10(2)9-19-15-6-11-12(7-14(15)18-5)16(3,4)8-13(11)17;1-8(15)18-13-5-9-10(6-12(13)17-4)14(2,3)7-11(9)16/h6-7H,1,8-9H2,2-5H3;5-6H,7H2,1-4H3. The summed E-state index contributed by atoms with van der Waals surface area (Å²) in [6, 6.07) is 7.12. The Morgan fingerprint density at radius 3 is 1.62 bits per heavy atom. The number of benzene rings is 2. The summed E-state index contributed by atoms with van der Waals surface area (Å²) in [6.07, 6.45) is 1.00. The molecule has 2 aromatic rings. The minimum absolute atomic E-state index is 0.0751. The van der Waals surface area contributed by atoms with Gasteiger partial charge < -0.3 is 18.9 Å². The molecule has 0 N–H and O–H groups in total. The fourth-order valence-electron chi connectivity index (χ4n) is 4.75. The second kappa shape index (κ2) is 10.4. The summed E-state index contributed by atoms with van der Waals surface area (Å²) in [4.78, 5) is 35.0. The van der Waals surface area contributed by atoms with Crippen molar-refractivity contribution in [2.24, 2.45) is 0 Å². The third kappa shape index (κ3) is 5.87. The van der Waals surface area contributed by atoms with Crippen molar-refractivity contribution in [3.8, 4) is 23.0 Å². The molecule has 0 aliphatic heterocycles. The first-order chi connectivity index (χ1) is 17.2. The minimum atomic E-state index is -0.432. The molecule has 0 aromatic heterocycles. The molecule has 198 valence electrons. The number of ketones is 2. The fourth-order valence-corrected chi connectivity index (χ4v) is 4.75. The summed E-state index contributed by atoms with van der Waals surface area (Å²) in [7, 11) is 3.12. The molecule has 0 atom stereocenters. The Morgan fingerprint density at radius 1 is 0.784 bits per heavy atom. The van der Waals surface area contributed by atoms with E-state index in [0.29, 0.717) is 48.0 Å². The van der Waals surface area contributed by atoms with Gasteiger partial charge in [-0.15, -0.1) is 0 Å². The van der Waals surface area contributed by atoms with Crippen molar-refractivity contribution in [1.29, 1.82) is 0 Å². The zero-order valence-corrected chi connectivity index (χ0v) is 23.0. The molecule has 0 saturated carbocycles. The summed E-state index contributed by atoms with van der Waals surface area (Å²) in [6.45, 7) is 15.6. The van der Waals surface area contributed by atoms with E-state index in [1.807, 2.05) is 26.8 Å². The fraction of sp³-hybridized carbons (Fsp3) is 0.433. The van der Waals surface area contributed by atoms with E-state index in [9.17, 15) is 14.4 Å². The Kier molecular flexibility index (Phi) is 7.86. The first-order valence-electron chi connectivity index (χ1n) is 12.2. The van der Waals surface area contributed by atoms with Gasteiger partial charge in [-0.3, -0.25) is 14.4 Å².